The Morgan fingerprint density at radius 3 is 2.72 bits per heavy atom. The summed E-state index contributed by atoms with van der Waals surface area (Å²) in [7, 11) is 0. The second-order valence-corrected chi connectivity index (χ2v) is 4.61. The summed E-state index contributed by atoms with van der Waals surface area (Å²) < 4.78 is 18.0. The predicted octanol–water partition coefficient (Wildman–Crippen LogP) is 3.10. The standard InChI is InChI=1S/C14H17FN2O/c1-10(2)17-14(7-11-5-6-18-9-11)13-4-3-12(15)8-16-13/h3-6,8-10,14,17H,7H2,1-2H3. The minimum Gasteiger partial charge on any atom is -0.472 e. The van der Waals surface area contributed by atoms with Crippen LogP contribution in [0.4, 0.5) is 4.39 Å². The first-order chi connectivity index (χ1) is 8.65. The van der Waals surface area contributed by atoms with Gasteiger partial charge in [0, 0.05) is 6.04 Å². The van der Waals surface area contributed by atoms with Gasteiger partial charge >= 0.3 is 0 Å². The van der Waals surface area contributed by atoms with Crippen molar-refractivity contribution in [1.82, 2.24) is 10.3 Å². The largest absolute Gasteiger partial charge is 0.472 e. The lowest BCUT2D eigenvalue weighted by Gasteiger charge is -2.20. The maximum Gasteiger partial charge on any atom is 0.141 e. The van der Waals surface area contributed by atoms with Gasteiger partial charge in [0.2, 0.25) is 0 Å². The highest BCUT2D eigenvalue weighted by molar-refractivity contribution is 5.15. The second kappa shape index (κ2) is 5.78. The van der Waals surface area contributed by atoms with Gasteiger partial charge in [-0.1, -0.05) is 13.8 Å². The van der Waals surface area contributed by atoms with E-state index in [2.05, 4.69) is 24.1 Å². The maximum absolute atomic E-state index is 12.9. The number of halogens is 1. The monoisotopic (exact) mass is 248 g/mol. The summed E-state index contributed by atoms with van der Waals surface area (Å²) in [5.74, 6) is -0.314. The van der Waals surface area contributed by atoms with Crippen molar-refractivity contribution in [3.8, 4) is 0 Å². The molecule has 1 N–H and O–H groups in total. The van der Waals surface area contributed by atoms with Gasteiger partial charge in [0.05, 0.1) is 30.5 Å². The molecule has 2 heterocycles. The zero-order valence-electron chi connectivity index (χ0n) is 10.6. The Morgan fingerprint density at radius 2 is 2.17 bits per heavy atom. The summed E-state index contributed by atoms with van der Waals surface area (Å²) in [5, 5.41) is 3.43. The summed E-state index contributed by atoms with van der Waals surface area (Å²) in [6, 6.07) is 5.47. The van der Waals surface area contributed by atoms with Gasteiger partial charge in [-0.2, -0.15) is 0 Å². The van der Waals surface area contributed by atoms with Crippen molar-refractivity contribution in [2.75, 3.05) is 0 Å². The van der Waals surface area contributed by atoms with Gasteiger partial charge in [-0.25, -0.2) is 4.39 Å². The molecule has 0 aliphatic carbocycles. The SMILES string of the molecule is CC(C)NC(Cc1ccoc1)c1ccc(F)cn1. The van der Waals surface area contributed by atoms with Crippen molar-refractivity contribution in [2.24, 2.45) is 0 Å². The van der Waals surface area contributed by atoms with Crippen molar-refractivity contribution in [3.63, 3.8) is 0 Å². The zero-order valence-corrected chi connectivity index (χ0v) is 10.6. The zero-order chi connectivity index (χ0) is 13.0. The molecule has 0 spiro atoms. The Hall–Kier alpha value is -1.68. The van der Waals surface area contributed by atoms with E-state index in [1.807, 2.05) is 6.07 Å². The molecule has 0 aromatic carbocycles. The molecule has 2 rings (SSSR count). The lowest BCUT2D eigenvalue weighted by atomic mass is 10.0. The van der Waals surface area contributed by atoms with E-state index in [0.29, 0.717) is 6.04 Å². The van der Waals surface area contributed by atoms with Crippen molar-refractivity contribution in [1.29, 1.82) is 0 Å². The van der Waals surface area contributed by atoms with E-state index in [1.54, 1.807) is 18.6 Å². The fraction of sp³-hybridized carbons (Fsp3) is 0.357. The molecule has 2 aromatic heterocycles. The van der Waals surface area contributed by atoms with Crippen LogP contribution in [-0.4, -0.2) is 11.0 Å². The number of hydrogen-bond donors (Lipinski definition) is 1. The number of hydrogen-bond acceptors (Lipinski definition) is 3. The Kier molecular flexibility index (Phi) is 4.10. The highest BCUT2D eigenvalue weighted by Crippen LogP contribution is 2.18. The van der Waals surface area contributed by atoms with Gasteiger partial charge in [-0.05, 0) is 30.2 Å². The van der Waals surface area contributed by atoms with Crippen LogP contribution in [0.3, 0.4) is 0 Å². The molecule has 96 valence electrons. The van der Waals surface area contributed by atoms with E-state index in [-0.39, 0.29) is 11.9 Å². The lowest BCUT2D eigenvalue weighted by Crippen LogP contribution is -2.30. The summed E-state index contributed by atoms with van der Waals surface area (Å²) in [5.41, 5.74) is 1.94. The van der Waals surface area contributed by atoms with E-state index < -0.39 is 0 Å². The van der Waals surface area contributed by atoms with Crippen LogP contribution in [0.2, 0.25) is 0 Å². The highest BCUT2D eigenvalue weighted by Gasteiger charge is 2.15. The number of furan rings is 1. The fourth-order valence-corrected chi connectivity index (χ4v) is 1.89. The van der Waals surface area contributed by atoms with Crippen LogP contribution in [0.15, 0.2) is 41.3 Å². The maximum atomic E-state index is 12.9. The number of rotatable bonds is 5. The number of nitrogens with zero attached hydrogens (tertiary/aromatic N) is 1. The van der Waals surface area contributed by atoms with Gasteiger partial charge in [0.25, 0.3) is 0 Å². The first kappa shape index (κ1) is 12.8. The fourth-order valence-electron chi connectivity index (χ4n) is 1.89. The molecule has 18 heavy (non-hydrogen) atoms. The first-order valence-corrected chi connectivity index (χ1v) is 6.03. The van der Waals surface area contributed by atoms with Crippen LogP contribution in [0.1, 0.15) is 31.1 Å². The second-order valence-electron chi connectivity index (χ2n) is 4.61. The van der Waals surface area contributed by atoms with Gasteiger partial charge in [-0.3, -0.25) is 4.98 Å². The van der Waals surface area contributed by atoms with Crippen molar-refractivity contribution < 1.29 is 8.81 Å². The van der Waals surface area contributed by atoms with E-state index >= 15 is 0 Å². The van der Waals surface area contributed by atoms with E-state index in [1.165, 1.54) is 12.3 Å². The molecule has 1 unspecified atom stereocenters. The number of aromatic nitrogens is 1. The molecule has 2 aromatic rings. The molecule has 0 amide bonds. The Labute approximate surface area is 106 Å². The van der Waals surface area contributed by atoms with Crippen LogP contribution < -0.4 is 5.32 Å². The number of nitrogens with one attached hydrogen (secondary N) is 1. The molecule has 0 aliphatic heterocycles. The topological polar surface area (TPSA) is 38.1 Å². The molecule has 4 heteroatoms. The Bertz CT molecular complexity index is 465. The smallest absolute Gasteiger partial charge is 0.141 e. The van der Waals surface area contributed by atoms with Gasteiger partial charge in [-0.15, -0.1) is 0 Å². The molecular weight excluding hydrogens is 231 g/mol. The summed E-state index contributed by atoms with van der Waals surface area (Å²) in [6.07, 6.45) is 5.39. The first-order valence-electron chi connectivity index (χ1n) is 6.03. The van der Waals surface area contributed by atoms with E-state index in [0.717, 1.165) is 17.7 Å². The van der Waals surface area contributed by atoms with Gasteiger partial charge in [0.1, 0.15) is 5.82 Å². The van der Waals surface area contributed by atoms with Crippen LogP contribution in [0.25, 0.3) is 0 Å². The molecule has 1 atom stereocenters. The van der Waals surface area contributed by atoms with Crippen LogP contribution in [0.5, 0.6) is 0 Å². The normalized spacial score (nSPS) is 12.9. The minimum absolute atomic E-state index is 0.0585. The van der Waals surface area contributed by atoms with E-state index in [4.69, 9.17) is 4.42 Å². The quantitative estimate of drug-likeness (QED) is 0.883. The third-order valence-corrected chi connectivity index (χ3v) is 2.66. The Morgan fingerprint density at radius 1 is 1.33 bits per heavy atom. The highest BCUT2D eigenvalue weighted by atomic mass is 19.1. The summed E-state index contributed by atoms with van der Waals surface area (Å²) in [4.78, 5) is 4.14. The van der Waals surface area contributed by atoms with Crippen molar-refractivity contribution in [2.45, 2.75) is 32.4 Å². The van der Waals surface area contributed by atoms with Crippen molar-refractivity contribution >= 4 is 0 Å². The third kappa shape index (κ3) is 3.40. The van der Waals surface area contributed by atoms with Crippen LogP contribution in [-0.2, 0) is 6.42 Å². The van der Waals surface area contributed by atoms with Crippen LogP contribution in [0, 0.1) is 5.82 Å². The van der Waals surface area contributed by atoms with E-state index in [9.17, 15) is 4.39 Å². The number of pyridine rings is 1. The third-order valence-electron chi connectivity index (χ3n) is 2.66. The molecule has 0 fully saturated rings. The average Bonchev–Trinajstić information content (AvgIpc) is 2.81. The molecule has 0 aliphatic rings. The average molecular weight is 248 g/mol. The molecule has 0 radical (unpaired) electrons. The van der Waals surface area contributed by atoms with Crippen LogP contribution >= 0.6 is 0 Å². The van der Waals surface area contributed by atoms with Gasteiger partial charge < -0.3 is 9.73 Å². The molecule has 0 bridgehead atoms. The molecule has 0 saturated carbocycles. The Balaban J connectivity index is 2.16. The summed E-state index contributed by atoms with van der Waals surface area (Å²) in [6.45, 7) is 4.15. The predicted molar refractivity (Wildman–Crippen MR) is 67.6 cm³/mol. The molecule has 3 nitrogen and oxygen atoms in total. The summed E-state index contributed by atoms with van der Waals surface area (Å²) >= 11 is 0. The lowest BCUT2D eigenvalue weighted by molar-refractivity contribution is 0.462. The van der Waals surface area contributed by atoms with Gasteiger partial charge in [0.15, 0.2) is 0 Å². The van der Waals surface area contributed by atoms with Crippen molar-refractivity contribution in [3.05, 3.63) is 54.0 Å². The molecular formula is C14H17FN2O. The molecule has 0 saturated heterocycles. The minimum atomic E-state index is -0.314.